The monoisotopic (exact) mass is 705 g/mol. The number of oxazole rings is 1. The fourth-order valence-electron chi connectivity index (χ4n) is 6.65. The van der Waals surface area contributed by atoms with Crippen LogP contribution >= 0.6 is 11.3 Å². The summed E-state index contributed by atoms with van der Waals surface area (Å²) in [6, 6.07) is 3.84. The van der Waals surface area contributed by atoms with E-state index in [-0.39, 0.29) is 68.4 Å². The Hall–Kier alpha value is -4.92. The number of hydrogen-bond donors (Lipinski definition) is 1. The predicted octanol–water partition coefficient (Wildman–Crippen LogP) is 3.77. The molecule has 3 aromatic heterocycles. The third kappa shape index (κ3) is 7.62. The minimum absolute atomic E-state index is 0.0969. The number of pyridine rings is 1. The summed E-state index contributed by atoms with van der Waals surface area (Å²) in [5.74, 6) is 2.03. The van der Waals surface area contributed by atoms with Gasteiger partial charge >= 0.3 is 0 Å². The second-order valence-electron chi connectivity index (χ2n) is 12.6. The number of benzene rings is 1. The van der Waals surface area contributed by atoms with Crippen LogP contribution in [0.4, 0.5) is 5.82 Å². The molecule has 1 saturated heterocycles. The molecule has 2 aliphatic rings. The normalized spacial score (nSPS) is 17.4. The summed E-state index contributed by atoms with van der Waals surface area (Å²) in [5, 5.41) is 6.57. The number of rotatable bonds is 6. The lowest BCUT2D eigenvalue weighted by Crippen LogP contribution is -2.43. The number of carbonyl (C=O) groups excluding carboxylic acids is 3. The minimum atomic E-state index is -0.373. The highest BCUT2D eigenvalue weighted by Gasteiger charge is 2.29. The lowest BCUT2D eigenvalue weighted by Gasteiger charge is -2.35. The average Bonchev–Trinajstić information content (AvgIpc) is 3.75. The quantitative estimate of drug-likeness (QED) is 0.312. The number of fused-ring (bicyclic) bond motifs is 5. The van der Waals surface area contributed by atoms with Gasteiger partial charge in [-0.05, 0) is 31.7 Å². The molecule has 3 amide bonds. The molecule has 0 spiro atoms. The van der Waals surface area contributed by atoms with Crippen molar-refractivity contribution in [1.82, 2.24) is 30.1 Å². The molecule has 1 atom stereocenters. The van der Waals surface area contributed by atoms with Gasteiger partial charge in [0.25, 0.3) is 5.91 Å². The fourth-order valence-corrected chi connectivity index (χ4v) is 7.27. The van der Waals surface area contributed by atoms with E-state index in [1.165, 1.54) is 17.6 Å². The van der Waals surface area contributed by atoms with Crippen LogP contribution in [0, 0.1) is 19.8 Å². The van der Waals surface area contributed by atoms with E-state index < -0.39 is 0 Å². The first kappa shape index (κ1) is 34.9. The Labute approximate surface area is 294 Å². The molecule has 1 unspecified atom stereocenters. The first-order valence-corrected chi connectivity index (χ1v) is 17.6. The van der Waals surface area contributed by atoms with Crippen LogP contribution in [0.25, 0.3) is 10.9 Å². The maximum Gasteiger partial charge on any atom is 0.275 e. The van der Waals surface area contributed by atoms with Crippen molar-refractivity contribution in [2.75, 3.05) is 65.5 Å². The molecule has 0 radical (unpaired) electrons. The third-order valence-electron chi connectivity index (χ3n) is 9.17. The molecule has 14 nitrogen and oxygen atoms in total. The van der Waals surface area contributed by atoms with Gasteiger partial charge in [-0.15, -0.1) is 11.3 Å². The number of aromatic nitrogens is 3. The number of carbonyl (C=O) groups is 3. The Morgan fingerprint density at radius 2 is 1.80 bits per heavy atom. The second-order valence-corrected chi connectivity index (χ2v) is 13.6. The zero-order valence-corrected chi connectivity index (χ0v) is 29.9. The molecule has 6 rings (SSSR count). The van der Waals surface area contributed by atoms with E-state index >= 15 is 0 Å². The number of nitrogens with one attached hydrogen (secondary N) is 1. The summed E-state index contributed by atoms with van der Waals surface area (Å²) in [5.41, 5.74) is 2.30. The number of amides is 3. The topological polar surface area (TPSA) is 152 Å². The molecule has 2 bridgehead atoms. The van der Waals surface area contributed by atoms with Gasteiger partial charge in [0.05, 0.1) is 44.0 Å². The molecule has 1 fully saturated rings. The lowest BCUT2D eigenvalue weighted by molar-refractivity contribution is -0.131. The van der Waals surface area contributed by atoms with Gasteiger partial charge in [-0.3, -0.25) is 14.4 Å². The van der Waals surface area contributed by atoms with Crippen LogP contribution in [0.2, 0.25) is 0 Å². The van der Waals surface area contributed by atoms with Crippen molar-refractivity contribution in [2.45, 2.75) is 46.1 Å². The highest BCUT2D eigenvalue weighted by atomic mass is 32.1. The Balaban J connectivity index is 1.45. The van der Waals surface area contributed by atoms with Crippen molar-refractivity contribution in [3.8, 4) is 17.2 Å². The summed E-state index contributed by atoms with van der Waals surface area (Å²) >= 11 is 1.49. The van der Waals surface area contributed by atoms with Crippen molar-refractivity contribution < 1.29 is 33.0 Å². The van der Waals surface area contributed by atoms with Gasteiger partial charge in [-0.1, -0.05) is 0 Å². The molecule has 266 valence electrons. The van der Waals surface area contributed by atoms with E-state index in [0.717, 1.165) is 35.8 Å². The number of piperidine rings is 1. The molecule has 0 saturated carbocycles. The van der Waals surface area contributed by atoms with E-state index in [9.17, 15) is 14.4 Å². The zero-order valence-electron chi connectivity index (χ0n) is 29.1. The van der Waals surface area contributed by atoms with E-state index in [1.807, 2.05) is 24.4 Å². The molecule has 4 aromatic rings. The van der Waals surface area contributed by atoms with Crippen molar-refractivity contribution in [2.24, 2.45) is 5.92 Å². The second kappa shape index (κ2) is 15.3. The van der Waals surface area contributed by atoms with E-state index in [1.54, 1.807) is 38.1 Å². The van der Waals surface area contributed by atoms with Crippen LogP contribution in [-0.2, 0) is 22.6 Å². The molecule has 15 heteroatoms. The maximum absolute atomic E-state index is 14.2. The molecule has 0 aliphatic carbocycles. The van der Waals surface area contributed by atoms with E-state index in [4.69, 9.17) is 23.6 Å². The first-order chi connectivity index (χ1) is 24.2. The van der Waals surface area contributed by atoms with Gasteiger partial charge in [-0.25, -0.2) is 15.0 Å². The summed E-state index contributed by atoms with van der Waals surface area (Å²) in [4.78, 5) is 60.4. The molecule has 1 aromatic carbocycles. The SMILES string of the molecule is COc1cc2nc3c(cc2c(OC)c1OC)CN(C(=O)Cc1csc(C)n1)CCN(C(=O)c1coc(C)n1)CCC(=O)NCC1CCCN3C1. The summed E-state index contributed by atoms with van der Waals surface area (Å²) in [6.07, 6.45) is 3.40. The number of ether oxygens (including phenoxy) is 3. The minimum Gasteiger partial charge on any atom is -0.493 e. The molecule has 2 aliphatic heterocycles. The zero-order chi connectivity index (χ0) is 35.4. The highest BCUT2D eigenvalue weighted by Crippen LogP contribution is 2.44. The van der Waals surface area contributed by atoms with Crippen LogP contribution < -0.4 is 24.4 Å². The fraction of sp³-hybridized carbons (Fsp3) is 0.486. The number of methoxy groups -OCH3 is 3. The van der Waals surface area contributed by atoms with Gasteiger partial charge in [-0.2, -0.15) is 0 Å². The van der Waals surface area contributed by atoms with Crippen molar-refractivity contribution in [3.63, 3.8) is 0 Å². The highest BCUT2D eigenvalue weighted by molar-refractivity contribution is 7.09. The maximum atomic E-state index is 14.2. The standard InChI is InChI=1S/C35H43N7O7S/c1-21-37-28(19-49-21)35(45)40-10-8-30(43)36-16-23-7-6-9-42(17-23)34-24(18-41(12-11-40)31(44)14-25-20-50-22(2)38-25)13-26-27(39-34)15-29(46-3)33(48-5)32(26)47-4/h13,15,19-20,23H,6-12,14,16-18H2,1-5H3,(H,36,43). The van der Waals surface area contributed by atoms with Crippen LogP contribution in [0.1, 0.15) is 51.9 Å². The molecule has 1 N–H and O–H groups in total. The Morgan fingerprint density at radius 1 is 1.00 bits per heavy atom. The summed E-state index contributed by atoms with van der Waals surface area (Å²) in [7, 11) is 4.70. The number of nitrogens with zero attached hydrogens (tertiary/aromatic N) is 6. The Bertz CT molecular complexity index is 1880. The number of hydrogen-bond acceptors (Lipinski definition) is 12. The van der Waals surface area contributed by atoms with Gasteiger partial charge < -0.3 is 38.6 Å². The van der Waals surface area contributed by atoms with Crippen LogP contribution in [-0.4, -0.2) is 103 Å². The van der Waals surface area contributed by atoms with Crippen LogP contribution in [0.3, 0.4) is 0 Å². The smallest absolute Gasteiger partial charge is 0.275 e. The van der Waals surface area contributed by atoms with Crippen molar-refractivity contribution in [1.29, 1.82) is 0 Å². The lowest BCUT2D eigenvalue weighted by atomic mass is 9.97. The summed E-state index contributed by atoms with van der Waals surface area (Å²) in [6.45, 7) is 6.24. The average molecular weight is 706 g/mol. The Kier molecular flexibility index (Phi) is 10.7. The first-order valence-electron chi connectivity index (χ1n) is 16.7. The third-order valence-corrected chi connectivity index (χ3v) is 9.99. The van der Waals surface area contributed by atoms with Gasteiger partial charge in [0.2, 0.25) is 17.6 Å². The van der Waals surface area contributed by atoms with E-state index in [0.29, 0.717) is 52.8 Å². The molecule has 50 heavy (non-hydrogen) atoms. The number of anilines is 1. The summed E-state index contributed by atoms with van der Waals surface area (Å²) < 4.78 is 22.5. The predicted molar refractivity (Wildman–Crippen MR) is 187 cm³/mol. The Morgan fingerprint density at radius 3 is 2.50 bits per heavy atom. The molecule has 5 heterocycles. The van der Waals surface area contributed by atoms with Crippen molar-refractivity contribution >= 4 is 45.8 Å². The van der Waals surface area contributed by atoms with Crippen LogP contribution in [0.15, 0.2) is 28.2 Å². The van der Waals surface area contributed by atoms with E-state index in [2.05, 4.69) is 20.2 Å². The number of aryl methyl sites for hydroxylation is 2. The van der Waals surface area contributed by atoms with Gasteiger partial charge in [0.15, 0.2) is 23.1 Å². The largest absolute Gasteiger partial charge is 0.493 e. The number of thiazole rings is 1. The van der Waals surface area contributed by atoms with Crippen molar-refractivity contribution in [3.05, 3.63) is 51.6 Å². The molecular weight excluding hydrogens is 662 g/mol. The molecular formula is C35H43N7O7S. The van der Waals surface area contributed by atoms with Gasteiger partial charge in [0.1, 0.15) is 12.1 Å². The van der Waals surface area contributed by atoms with Gasteiger partial charge in [0, 0.05) is 81.6 Å². The van der Waals surface area contributed by atoms with Crippen LogP contribution in [0.5, 0.6) is 17.2 Å².